The van der Waals surface area contributed by atoms with Gasteiger partial charge in [0.05, 0.1) is 11.0 Å². The Kier molecular flexibility index (Phi) is 3.36. The first-order chi connectivity index (χ1) is 9.60. The third kappa shape index (κ3) is 2.15. The first kappa shape index (κ1) is 13.3. The number of nitrogens with two attached hydrogens (primary N) is 1. The van der Waals surface area contributed by atoms with Gasteiger partial charge in [0.15, 0.2) is 0 Å². The van der Waals surface area contributed by atoms with Crippen molar-refractivity contribution in [3.05, 3.63) is 52.0 Å². The summed E-state index contributed by atoms with van der Waals surface area (Å²) in [5.74, 6) is 0.963. The topological polar surface area (TPSA) is 43.8 Å². The molecule has 2 aromatic carbocycles. The Hall–Kier alpha value is -1.65. The molecular formula is C16H16BrN3. The Morgan fingerprint density at radius 2 is 2.00 bits per heavy atom. The zero-order valence-electron chi connectivity index (χ0n) is 11.5. The number of rotatable bonds is 2. The third-order valence-corrected chi connectivity index (χ3v) is 4.24. The van der Waals surface area contributed by atoms with Gasteiger partial charge in [-0.15, -0.1) is 0 Å². The number of hydrogen-bond donors (Lipinski definition) is 1. The number of aromatic nitrogens is 2. The van der Waals surface area contributed by atoms with E-state index >= 15 is 0 Å². The lowest BCUT2D eigenvalue weighted by atomic mass is 10.1. The second kappa shape index (κ2) is 5.04. The summed E-state index contributed by atoms with van der Waals surface area (Å²) in [6.07, 6.45) is 0. The number of nitrogens with zero attached hydrogens (tertiary/aromatic N) is 2. The molecular weight excluding hydrogens is 314 g/mol. The van der Waals surface area contributed by atoms with E-state index in [1.54, 1.807) is 0 Å². The van der Waals surface area contributed by atoms with E-state index in [1.165, 1.54) is 5.56 Å². The maximum Gasteiger partial charge on any atom is 0.142 e. The molecule has 0 radical (unpaired) electrons. The molecule has 20 heavy (non-hydrogen) atoms. The second-order valence-corrected chi connectivity index (χ2v) is 5.86. The van der Waals surface area contributed by atoms with Gasteiger partial charge in [0.1, 0.15) is 5.82 Å². The average Bonchev–Trinajstić information content (AvgIpc) is 2.78. The zero-order chi connectivity index (χ0) is 14.3. The number of fused-ring (bicyclic) bond motifs is 1. The molecule has 102 valence electrons. The Bertz CT molecular complexity index is 790. The Morgan fingerprint density at radius 1 is 1.20 bits per heavy atom. The van der Waals surface area contributed by atoms with E-state index < -0.39 is 0 Å². The molecule has 1 aromatic heterocycles. The van der Waals surface area contributed by atoms with Gasteiger partial charge in [0.25, 0.3) is 0 Å². The monoisotopic (exact) mass is 329 g/mol. The summed E-state index contributed by atoms with van der Waals surface area (Å²) >= 11 is 3.61. The molecule has 0 bridgehead atoms. The lowest BCUT2D eigenvalue weighted by Gasteiger charge is -2.06. The van der Waals surface area contributed by atoms with Gasteiger partial charge in [-0.2, -0.15) is 0 Å². The van der Waals surface area contributed by atoms with Crippen LogP contribution >= 0.6 is 15.9 Å². The molecule has 0 spiro atoms. The van der Waals surface area contributed by atoms with Crippen LogP contribution in [0.5, 0.6) is 0 Å². The largest absolute Gasteiger partial charge is 0.327 e. The lowest BCUT2D eigenvalue weighted by Crippen LogP contribution is -1.97. The standard InChI is InChI=1S/C16H16BrN3/c1-10-3-5-13(17)12(7-10)16-19-14-6-4-11(9-18)8-15(14)20(16)2/h3-8H,9,18H2,1-2H3. The van der Waals surface area contributed by atoms with Gasteiger partial charge in [0.2, 0.25) is 0 Å². The van der Waals surface area contributed by atoms with Crippen molar-refractivity contribution in [3.8, 4) is 11.4 Å². The smallest absolute Gasteiger partial charge is 0.142 e. The summed E-state index contributed by atoms with van der Waals surface area (Å²) in [6.45, 7) is 2.63. The van der Waals surface area contributed by atoms with Crippen LogP contribution in [-0.4, -0.2) is 9.55 Å². The highest BCUT2D eigenvalue weighted by Crippen LogP contribution is 2.30. The van der Waals surface area contributed by atoms with Crippen molar-refractivity contribution in [1.29, 1.82) is 0 Å². The molecule has 0 aliphatic rings. The van der Waals surface area contributed by atoms with Gasteiger partial charge in [-0.3, -0.25) is 0 Å². The normalized spacial score (nSPS) is 11.2. The number of imidazole rings is 1. The summed E-state index contributed by atoms with van der Waals surface area (Å²) in [5.41, 5.74) is 11.3. The van der Waals surface area contributed by atoms with Crippen LogP contribution in [0, 0.1) is 6.92 Å². The number of hydrogen-bond acceptors (Lipinski definition) is 2. The first-order valence-corrected chi connectivity index (χ1v) is 7.31. The van der Waals surface area contributed by atoms with Crippen LogP contribution < -0.4 is 5.73 Å². The van der Waals surface area contributed by atoms with E-state index in [1.807, 2.05) is 19.2 Å². The SMILES string of the molecule is Cc1ccc(Br)c(-c2nc3ccc(CN)cc3n2C)c1. The molecule has 4 heteroatoms. The molecule has 0 fully saturated rings. The Labute approximate surface area is 126 Å². The molecule has 0 amide bonds. The molecule has 1 heterocycles. The quantitative estimate of drug-likeness (QED) is 0.777. The van der Waals surface area contributed by atoms with E-state index in [4.69, 9.17) is 10.7 Å². The van der Waals surface area contributed by atoms with Gasteiger partial charge in [-0.1, -0.05) is 33.6 Å². The number of halogens is 1. The highest BCUT2D eigenvalue weighted by molar-refractivity contribution is 9.10. The minimum atomic E-state index is 0.546. The molecule has 0 unspecified atom stereocenters. The zero-order valence-corrected chi connectivity index (χ0v) is 13.1. The highest BCUT2D eigenvalue weighted by Gasteiger charge is 2.13. The van der Waals surface area contributed by atoms with Gasteiger partial charge in [0, 0.05) is 23.6 Å². The highest BCUT2D eigenvalue weighted by atomic mass is 79.9. The third-order valence-electron chi connectivity index (χ3n) is 3.54. The summed E-state index contributed by atoms with van der Waals surface area (Å²) in [6, 6.07) is 12.5. The summed E-state index contributed by atoms with van der Waals surface area (Å²) in [7, 11) is 2.04. The van der Waals surface area contributed by atoms with E-state index in [9.17, 15) is 0 Å². The molecule has 0 aliphatic heterocycles. The van der Waals surface area contributed by atoms with Crippen LogP contribution in [0.3, 0.4) is 0 Å². The predicted octanol–water partition coefficient (Wildman–Crippen LogP) is 3.77. The van der Waals surface area contributed by atoms with Crippen LogP contribution in [0.15, 0.2) is 40.9 Å². The van der Waals surface area contributed by atoms with Crippen molar-refractivity contribution in [2.24, 2.45) is 12.8 Å². The number of aryl methyl sites for hydroxylation is 2. The van der Waals surface area contributed by atoms with Gasteiger partial charge in [-0.25, -0.2) is 4.98 Å². The molecule has 0 atom stereocenters. The van der Waals surface area contributed by atoms with Crippen molar-refractivity contribution >= 4 is 27.0 Å². The van der Waals surface area contributed by atoms with Crippen molar-refractivity contribution in [2.75, 3.05) is 0 Å². The Morgan fingerprint density at radius 3 is 2.75 bits per heavy atom. The van der Waals surface area contributed by atoms with E-state index in [0.717, 1.165) is 32.5 Å². The van der Waals surface area contributed by atoms with Crippen molar-refractivity contribution in [1.82, 2.24) is 9.55 Å². The van der Waals surface area contributed by atoms with Crippen LogP contribution in [-0.2, 0) is 13.6 Å². The average molecular weight is 330 g/mol. The first-order valence-electron chi connectivity index (χ1n) is 6.52. The second-order valence-electron chi connectivity index (χ2n) is 5.00. The minimum absolute atomic E-state index is 0.546. The minimum Gasteiger partial charge on any atom is -0.327 e. The summed E-state index contributed by atoms with van der Waals surface area (Å²) in [5, 5.41) is 0. The van der Waals surface area contributed by atoms with E-state index in [0.29, 0.717) is 6.54 Å². The van der Waals surface area contributed by atoms with Gasteiger partial charge >= 0.3 is 0 Å². The molecule has 3 rings (SSSR count). The van der Waals surface area contributed by atoms with Crippen molar-refractivity contribution in [2.45, 2.75) is 13.5 Å². The number of benzene rings is 2. The van der Waals surface area contributed by atoms with Crippen LogP contribution in [0.1, 0.15) is 11.1 Å². The van der Waals surface area contributed by atoms with E-state index in [2.05, 4.69) is 51.7 Å². The predicted molar refractivity (Wildman–Crippen MR) is 86.5 cm³/mol. The molecule has 0 saturated heterocycles. The maximum absolute atomic E-state index is 5.72. The summed E-state index contributed by atoms with van der Waals surface area (Å²) in [4.78, 5) is 4.75. The molecule has 0 aliphatic carbocycles. The van der Waals surface area contributed by atoms with E-state index in [-0.39, 0.29) is 0 Å². The molecule has 2 N–H and O–H groups in total. The fourth-order valence-electron chi connectivity index (χ4n) is 2.41. The molecule has 3 nitrogen and oxygen atoms in total. The van der Waals surface area contributed by atoms with Crippen molar-refractivity contribution in [3.63, 3.8) is 0 Å². The fraction of sp³-hybridized carbons (Fsp3) is 0.188. The van der Waals surface area contributed by atoms with Gasteiger partial charge < -0.3 is 10.3 Å². The van der Waals surface area contributed by atoms with Crippen molar-refractivity contribution < 1.29 is 0 Å². The summed E-state index contributed by atoms with van der Waals surface area (Å²) < 4.78 is 3.18. The van der Waals surface area contributed by atoms with Crippen LogP contribution in [0.4, 0.5) is 0 Å². The van der Waals surface area contributed by atoms with Crippen LogP contribution in [0.25, 0.3) is 22.4 Å². The lowest BCUT2D eigenvalue weighted by molar-refractivity contribution is 0.955. The molecule has 0 saturated carbocycles. The fourth-order valence-corrected chi connectivity index (χ4v) is 2.84. The molecule has 3 aromatic rings. The maximum atomic E-state index is 5.72. The Balaban J connectivity index is 2.26. The van der Waals surface area contributed by atoms with Crippen LogP contribution in [0.2, 0.25) is 0 Å². The van der Waals surface area contributed by atoms with Gasteiger partial charge in [-0.05, 0) is 36.8 Å².